The molecule has 21 heavy (non-hydrogen) atoms. The van der Waals surface area contributed by atoms with Crippen LogP contribution in [0.3, 0.4) is 0 Å². The van der Waals surface area contributed by atoms with Crippen LogP contribution in [0.5, 0.6) is 0 Å². The summed E-state index contributed by atoms with van der Waals surface area (Å²) in [6.07, 6.45) is 1.72. The summed E-state index contributed by atoms with van der Waals surface area (Å²) in [5, 5.41) is 2.53. The number of amides is 2. The van der Waals surface area contributed by atoms with Crippen LogP contribution in [0.4, 0.5) is 0 Å². The van der Waals surface area contributed by atoms with Crippen molar-refractivity contribution >= 4 is 21.8 Å². The molecule has 1 aliphatic rings. The number of nitrogens with zero attached hydrogens (tertiary/aromatic N) is 1. The number of benzene rings is 1. The Kier molecular flexibility index (Phi) is 4.42. The first-order chi connectivity index (χ1) is 9.98. The number of sulfonamides is 1. The van der Waals surface area contributed by atoms with E-state index in [0.29, 0.717) is 4.31 Å². The van der Waals surface area contributed by atoms with Crippen molar-refractivity contribution in [2.24, 2.45) is 0 Å². The Bertz CT molecular complexity index is 655. The van der Waals surface area contributed by atoms with Crippen molar-refractivity contribution in [3.63, 3.8) is 0 Å². The van der Waals surface area contributed by atoms with E-state index in [1.165, 1.54) is 18.2 Å². The number of nitrogens with one attached hydrogen (secondary N) is 1. The third-order valence-electron chi connectivity index (χ3n) is 3.18. The van der Waals surface area contributed by atoms with Crippen molar-refractivity contribution in [3.8, 4) is 0 Å². The van der Waals surface area contributed by atoms with Crippen molar-refractivity contribution in [2.45, 2.75) is 23.8 Å². The number of carbonyl (C=O) groups excluding carboxylic acids is 2. The smallest absolute Gasteiger partial charge is 0.267 e. The normalized spacial score (nSPS) is 18.6. The summed E-state index contributed by atoms with van der Waals surface area (Å²) in [6.45, 7) is 3.70. The van der Waals surface area contributed by atoms with Crippen molar-refractivity contribution in [1.82, 2.24) is 9.62 Å². The maximum absolute atomic E-state index is 12.5. The zero-order chi connectivity index (χ0) is 15.5. The molecule has 1 fully saturated rings. The first-order valence-electron chi connectivity index (χ1n) is 6.49. The summed E-state index contributed by atoms with van der Waals surface area (Å²) in [7, 11) is -4.01. The number of rotatable bonds is 5. The average molecular weight is 308 g/mol. The Labute approximate surface area is 123 Å². The van der Waals surface area contributed by atoms with Crippen molar-refractivity contribution in [2.75, 3.05) is 6.54 Å². The lowest BCUT2D eigenvalue weighted by Gasteiger charge is -2.23. The van der Waals surface area contributed by atoms with Crippen molar-refractivity contribution < 1.29 is 18.0 Å². The van der Waals surface area contributed by atoms with Crippen LogP contribution in [0, 0.1) is 0 Å². The Hall–Kier alpha value is -2.15. The second-order valence-corrected chi connectivity index (χ2v) is 6.41. The van der Waals surface area contributed by atoms with Gasteiger partial charge in [-0.3, -0.25) is 9.59 Å². The molecule has 2 amide bonds. The third kappa shape index (κ3) is 2.97. The first-order valence-corrected chi connectivity index (χ1v) is 7.93. The lowest BCUT2D eigenvalue weighted by molar-refractivity contribution is -0.130. The largest absolute Gasteiger partial charge is 0.351 e. The zero-order valence-corrected chi connectivity index (χ0v) is 12.2. The minimum Gasteiger partial charge on any atom is -0.351 e. The topological polar surface area (TPSA) is 83.6 Å². The lowest BCUT2D eigenvalue weighted by atomic mass is 10.2. The van der Waals surface area contributed by atoms with E-state index in [0.717, 1.165) is 0 Å². The maximum atomic E-state index is 12.5. The summed E-state index contributed by atoms with van der Waals surface area (Å²) in [6, 6.07) is 6.63. The van der Waals surface area contributed by atoms with Crippen LogP contribution >= 0.6 is 0 Å². The standard InChI is InChI=1S/C14H16N2O4S/c1-2-10-15-14(18)12-8-9-13(17)16(12)21(19,20)11-6-4-3-5-7-11/h2-7,12H,1,8-10H2,(H,15,18). The van der Waals surface area contributed by atoms with E-state index in [4.69, 9.17) is 0 Å². The summed E-state index contributed by atoms with van der Waals surface area (Å²) in [4.78, 5) is 24.0. The Balaban J connectivity index is 2.33. The fourth-order valence-corrected chi connectivity index (χ4v) is 3.82. The average Bonchev–Trinajstić information content (AvgIpc) is 2.88. The molecule has 1 aromatic rings. The molecule has 1 N–H and O–H groups in total. The molecule has 1 aliphatic heterocycles. The zero-order valence-electron chi connectivity index (χ0n) is 11.4. The fraction of sp³-hybridized carbons (Fsp3) is 0.286. The van der Waals surface area contributed by atoms with Crippen LogP contribution in [0.25, 0.3) is 0 Å². The van der Waals surface area contributed by atoms with Gasteiger partial charge < -0.3 is 5.32 Å². The molecule has 0 radical (unpaired) electrons. The highest BCUT2D eigenvalue weighted by Crippen LogP contribution is 2.27. The van der Waals surface area contributed by atoms with Crippen LogP contribution in [0.1, 0.15) is 12.8 Å². The van der Waals surface area contributed by atoms with Crippen LogP contribution in [0.2, 0.25) is 0 Å². The van der Waals surface area contributed by atoms with E-state index >= 15 is 0 Å². The van der Waals surface area contributed by atoms with Crippen LogP contribution < -0.4 is 5.32 Å². The highest BCUT2D eigenvalue weighted by molar-refractivity contribution is 7.89. The van der Waals surface area contributed by atoms with Gasteiger partial charge in [0.2, 0.25) is 11.8 Å². The van der Waals surface area contributed by atoms with Crippen molar-refractivity contribution in [3.05, 3.63) is 43.0 Å². The van der Waals surface area contributed by atoms with E-state index in [1.54, 1.807) is 18.2 Å². The van der Waals surface area contributed by atoms with E-state index in [1.807, 2.05) is 0 Å². The molecule has 112 valence electrons. The molecule has 0 aromatic heterocycles. The van der Waals surface area contributed by atoms with Gasteiger partial charge >= 0.3 is 0 Å². The summed E-state index contributed by atoms with van der Waals surface area (Å²) in [5.74, 6) is -1.04. The molecule has 1 aromatic carbocycles. The van der Waals surface area contributed by atoms with Crippen LogP contribution in [0.15, 0.2) is 47.9 Å². The van der Waals surface area contributed by atoms with Gasteiger partial charge in [0.25, 0.3) is 10.0 Å². The van der Waals surface area contributed by atoms with E-state index < -0.39 is 27.9 Å². The van der Waals surface area contributed by atoms with Gasteiger partial charge in [-0.1, -0.05) is 24.3 Å². The molecule has 7 heteroatoms. The monoisotopic (exact) mass is 308 g/mol. The lowest BCUT2D eigenvalue weighted by Crippen LogP contribution is -2.47. The highest BCUT2D eigenvalue weighted by Gasteiger charge is 2.43. The van der Waals surface area contributed by atoms with E-state index in [2.05, 4.69) is 11.9 Å². The second kappa shape index (κ2) is 6.09. The van der Waals surface area contributed by atoms with Gasteiger partial charge in [-0.25, -0.2) is 12.7 Å². The Morgan fingerprint density at radius 1 is 1.38 bits per heavy atom. The molecular weight excluding hydrogens is 292 g/mol. The minimum atomic E-state index is -4.01. The highest BCUT2D eigenvalue weighted by atomic mass is 32.2. The van der Waals surface area contributed by atoms with Gasteiger partial charge in [0.05, 0.1) is 4.90 Å². The van der Waals surface area contributed by atoms with E-state index in [9.17, 15) is 18.0 Å². The molecule has 0 spiro atoms. The molecule has 2 rings (SSSR count). The number of carbonyl (C=O) groups is 2. The molecule has 0 bridgehead atoms. The van der Waals surface area contributed by atoms with Gasteiger partial charge in [0.1, 0.15) is 6.04 Å². The van der Waals surface area contributed by atoms with E-state index in [-0.39, 0.29) is 24.3 Å². The molecule has 1 atom stereocenters. The molecule has 1 heterocycles. The van der Waals surface area contributed by atoms with Gasteiger partial charge in [-0.2, -0.15) is 0 Å². The predicted octanol–water partition coefficient (Wildman–Crippen LogP) is 0.668. The Morgan fingerprint density at radius 2 is 2.05 bits per heavy atom. The van der Waals surface area contributed by atoms with Crippen LogP contribution in [-0.2, 0) is 19.6 Å². The molecular formula is C14H16N2O4S. The second-order valence-electron chi connectivity index (χ2n) is 4.60. The maximum Gasteiger partial charge on any atom is 0.267 e. The predicted molar refractivity (Wildman–Crippen MR) is 76.7 cm³/mol. The molecule has 1 unspecified atom stereocenters. The van der Waals surface area contributed by atoms with Gasteiger partial charge in [-0.05, 0) is 18.6 Å². The van der Waals surface area contributed by atoms with Crippen LogP contribution in [-0.4, -0.2) is 37.1 Å². The van der Waals surface area contributed by atoms with Gasteiger partial charge in [-0.15, -0.1) is 6.58 Å². The minimum absolute atomic E-state index is 0.00164. The van der Waals surface area contributed by atoms with Gasteiger partial charge in [0, 0.05) is 13.0 Å². The molecule has 0 aliphatic carbocycles. The first kappa shape index (κ1) is 15.2. The molecule has 0 saturated carbocycles. The number of hydrogen-bond acceptors (Lipinski definition) is 4. The van der Waals surface area contributed by atoms with Gasteiger partial charge in [0.15, 0.2) is 0 Å². The fourth-order valence-electron chi connectivity index (χ4n) is 2.20. The quantitative estimate of drug-likeness (QED) is 0.810. The number of hydrogen-bond donors (Lipinski definition) is 1. The summed E-state index contributed by atoms with van der Waals surface area (Å²) < 4.78 is 25.8. The molecule has 6 nitrogen and oxygen atoms in total. The third-order valence-corrected chi connectivity index (χ3v) is 5.03. The SMILES string of the molecule is C=CCNC(=O)C1CCC(=O)N1S(=O)(=O)c1ccccc1. The summed E-state index contributed by atoms with van der Waals surface area (Å²) in [5.41, 5.74) is 0. The van der Waals surface area contributed by atoms with Crippen molar-refractivity contribution in [1.29, 1.82) is 0 Å². The Morgan fingerprint density at radius 3 is 2.67 bits per heavy atom. The summed E-state index contributed by atoms with van der Waals surface area (Å²) >= 11 is 0. The molecule has 1 saturated heterocycles.